The minimum atomic E-state index is -0.294. The molecule has 0 aliphatic heterocycles. The van der Waals surface area contributed by atoms with Crippen molar-refractivity contribution in [2.24, 2.45) is 5.10 Å². The number of fused-ring (bicyclic) bond motifs is 1. The van der Waals surface area contributed by atoms with Gasteiger partial charge in [0.1, 0.15) is 17.0 Å². The van der Waals surface area contributed by atoms with E-state index in [2.05, 4.69) is 71.9 Å². The Labute approximate surface area is 191 Å². The van der Waals surface area contributed by atoms with Gasteiger partial charge in [-0.15, -0.1) is 11.3 Å². The number of benzene rings is 1. The van der Waals surface area contributed by atoms with E-state index in [4.69, 9.17) is 5.73 Å². The Morgan fingerprint density at radius 3 is 2.67 bits per heavy atom. The van der Waals surface area contributed by atoms with Crippen molar-refractivity contribution in [3.05, 3.63) is 67.6 Å². The predicted octanol–water partition coefficient (Wildman–Crippen LogP) is 4.36. The van der Waals surface area contributed by atoms with Crippen LogP contribution in [0.3, 0.4) is 0 Å². The predicted molar refractivity (Wildman–Crippen MR) is 130 cm³/mol. The molecular weight excluding hydrogens is 511 g/mol. The fourth-order valence-corrected chi connectivity index (χ4v) is 4.84. The maximum Gasteiger partial charge on any atom is 0.281 e. The highest BCUT2D eigenvalue weighted by molar-refractivity contribution is 14.1. The Kier molecular flexibility index (Phi) is 5.56. The van der Waals surface area contributed by atoms with E-state index < -0.39 is 0 Å². The van der Waals surface area contributed by atoms with Gasteiger partial charge in [-0.05, 0) is 79.3 Å². The van der Waals surface area contributed by atoms with E-state index in [1.54, 1.807) is 6.21 Å². The lowest BCUT2D eigenvalue weighted by Gasteiger charge is -2.09. The van der Waals surface area contributed by atoms with Crippen molar-refractivity contribution in [3.63, 3.8) is 0 Å². The highest BCUT2D eigenvalue weighted by Crippen LogP contribution is 2.31. The number of halogens is 1. The summed E-state index contributed by atoms with van der Waals surface area (Å²) < 4.78 is 3.35. The van der Waals surface area contributed by atoms with Gasteiger partial charge < -0.3 is 10.3 Å². The average Bonchev–Trinajstić information content (AvgIpc) is 3.20. The number of nitrogens with two attached hydrogens (primary N) is 1. The van der Waals surface area contributed by atoms with E-state index in [-0.39, 0.29) is 5.91 Å². The second-order valence-corrected chi connectivity index (χ2v) is 9.08. The summed E-state index contributed by atoms with van der Waals surface area (Å²) in [6, 6.07) is 10.4. The molecule has 152 valence electrons. The number of thiophene rings is 1. The van der Waals surface area contributed by atoms with E-state index in [0.29, 0.717) is 15.5 Å². The molecule has 1 amide bonds. The first-order chi connectivity index (χ1) is 14.4. The fourth-order valence-electron chi connectivity index (χ4n) is 3.43. The van der Waals surface area contributed by atoms with Crippen LogP contribution in [-0.2, 0) is 0 Å². The number of hydrogen-bond acceptors (Lipinski definition) is 6. The minimum absolute atomic E-state index is 0.294. The van der Waals surface area contributed by atoms with Crippen LogP contribution >= 0.6 is 33.9 Å². The number of anilines is 1. The van der Waals surface area contributed by atoms with Gasteiger partial charge in [0.05, 0.1) is 16.5 Å². The van der Waals surface area contributed by atoms with Crippen LogP contribution in [0.25, 0.3) is 15.9 Å². The topological polar surface area (TPSA) is 98.2 Å². The van der Waals surface area contributed by atoms with Gasteiger partial charge in [0.15, 0.2) is 0 Å². The molecular formula is C21H19IN6OS. The Balaban J connectivity index is 1.56. The first kappa shape index (κ1) is 20.5. The molecule has 1 aromatic carbocycles. The van der Waals surface area contributed by atoms with Gasteiger partial charge >= 0.3 is 0 Å². The molecule has 4 rings (SSSR count). The number of nitrogens with one attached hydrogen (secondary N) is 1. The molecule has 30 heavy (non-hydrogen) atoms. The summed E-state index contributed by atoms with van der Waals surface area (Å²) >= 11 is 3.57. The molecule has 3 N–H and O–H groups in total. The highest BCUT2D eigenvalue weighted by atomic mass is 127. The fraction of sp³-hybridized carbons (Fsp3) is 0.143. The van der Waals surface area contributed by atoms with Gasteiger partial charge in [0, 0.05) is 26.2 Å². The quantitative estimate of drug-likeness (QED) is 0.233. The lowest BCUT2D eigenvalue weighted by molar-refractivity contribution is 0.0958. The number of aromatic nitrogens is 3. The smallest absolute Gasteiger partial charge is 0.281 e. The van der Waals surface area contributed by atoms with Gasteiger partial charge in [0.25, 0.3) is 5.91 Å². The van der Waals surface area contributed by atoms with Crippen LogP contribution in [0.2, 0.25) is 0 Å². The van der Waals surface area contributed by atoms with Crippen molar-refractivity contribution < 1.29 is 4.79 Å². The summed E-state index contributed by atoms with van der Waals surface area (Å²) in [5.74, 6) is 0.0805. The number of carbonyl (C=O) groups is 1. The molecule has 4 aromatic rings. The zero-order valence-electron chi connectivity index (χ0n) is 16.6. The van der Waals surface area contributed by atoms with Crippen molar-refractivity contribution in [1.82, 2.24) is 20.0 Å². The molecule has 0 fully saturated rings. The van der Waals surface area contributed by atoms with Crippen molar-refractivity contribution in [2.45, 2.75) is 20.8 Å². The summed E-state index contributed by atoms with van der Waals surface area (Å²) in [4.78, 5) is 22.1. The molecule has 0 atom stereocenters. The first-order valence-corrected chi connectivity index (χ1v) is 11.0. The molecule has 0 saturated heterocycles. The molecule has 0 aliphatic carbocycles. The summed E-state index contributed by atoms with van der Waals surface area (Å²) in [5, 5.41) is 4.90. The normalized spacial score (nSPS) is 11.5. The molecule has 3 heterocycles. The van der Waals surface area contributed by atoms with Gasteiger partial charge in [0.2, 0.25) is 0 Å². The van der Waals surface area contributed by atoms with Crippen LogP contribution in [0.1, 0.15) is 32.2 Å². The van der Waals surface area contributed by atoms with Gasteiger partial charge in [-0.1, -0.05) is 0 Å². The number of aryl methyl sites for hydroxylation is 2. The van der Waals surface area contributed by atoms with E-state index in [1.807, 2.05) is 26.8 Å². The molecule has 0 bridgehead atoms. The number of hydrogen-bond donors (Lipinski definition) is 2. The number of hydrazone groups is 1. The third-order valence-electron chi connectivity index (χ3n) is 4.89. The SMILES string of the molecule is Cc1c(C(=O)N/N=C\c2cc(C)n(-c3ccc(I)cc3)c2C)sc2ncnc(N)c12. The Bertz CT molecular complexity index is 1290. The zero-order valence-corrected chi connectivity index (χ0v) is 19.6. The highest BCUT2D eigenvalue weighted by Gasteiger charge is 2.18. The lowest BCUT2D eigenvalue weighted by Crippen LogP contribution is -2.17. The Hall–Kier alpha value is -2.79. The molecule has 0 radical (unpaired) electrons. The maximum atomic E-state index is 12.6. The molecule has 3 aromatic heterocycles. The monoisotopic (exact) mass is 530 g/mol. The standard InChI is InChI=1S/C21H19IN6OS/c1-11-8-14(13(3)28(11)16-6-4-15(22)5-7-16)9-26-27-20(29)18-12(2)17-19(23)24-10-25-21(17)30-18/h4-10H,1-3H3,(H,27,29)(H2,23,24,25)/b26-9-. The van der Waals surface area contributed by atoms with Crippen LogP contribution in [-0.4, -0.2) is 26.7 Å². The van der Waals surface area contributed by atoms with E-state index in [9.17, 15) is 4.79 Å². The van der Waals surface area contributed by atoms with Crippen LogP contribution in [0.5, 0.6) is 0 Å². The third kappa shape index (κ3) is 3.70. The van der Waals surface area contributed by atoms with Crippen LogP contribution < -0.4 is 11.2 Å². The molecule has 0 saturated carbocycles. The second-order valence-electron chi connectivity index (χ2n) is 6.83. The molecule has 9 heteroatoms. The van der Waals surface area contributed by atoms with Crippen molar-refractivity contribution in [1.29, 1.82) is 0 Å². The first-order valence-electron chi connectivity index (χ1n) is 9.14. The van der Waals surface area contributed by atoms with Crippen molar-refractivity contribution in [3.8, 4) is 5.69 Å². The number of rotatable bonds is 4. The minimum Gasteiger partial charge on any atom is -0.383 e. The molecule has 0 unspecified atom stereocenters. The molecule has 0 spiro atoms. The van der Waals surface area contributed by atoms with Crippen molar-refractivity contribution >= 4 is 62.1 Å². The summed E-state index contributed by atoms with van der Waals surface area (Å²) in [6.45, 7) is 5.92. The number of carbonyl (C=O) groups excluding carboxylic acids is 1. The number of amides is 1. The van der Waals surface area contributed by atoms with Gasteiger partial charge in [-0.3, -0.25) is 4.79 Å². The Morgan fingerprint density at radius 1 is 1.23 bits per heavy atom. The van der Waals surface area contributed by atoms with Crippen molar-refractivity contribution in [2.75, 3.05) is 5.73 Å². The van der Waals surface area contributed by atoms with Gasteiger partial charge in [-0.2, -0.15) is 5.10 Å². The molecule has 7 nitrogen and oxygen atoms in total. The van der Waals surface area contributed by atoms with Gasteiger partial charge in [-0.25, -0.2) is 15.4 Å². The lowest BCUT2D eigenvalue weighted by atomic mass is 10.2. The molecule has 0 aliphatic rings. The summed E-state index contributed by atoms with van der Waals surface area (Å²) in [5.41, 5.74) is 13.5. The number of nitrogen functional groups attached to an aromatic ring is 1. The maximum absolute atomic E-state index is 12.6. The van der Waals surface area contributed by atoms with Crippen LogP contribution in [0.4, 0.5) is 5.82 Å². The van der Waals surface area contributed by atoms with E-state index in [0.717, 1.165) is 33.6 Å². The summed E-state index contributed by atoms with van der Waals surface area (Å²) in [6.07, 6.45) is 3.07. The largest absolute Gasteiger partial charge is 0.383 e. The second kappa shape index (κ2) is 8.15. The zero-order chi connectivity index (χ0) is 21.4. The summed E-state index contributed by atoms with van der Waals surface area (Å²) in [7, 11) is 0. The van der Waals surface area contributed by atoms with E-state index >= 15 is 0 Å². The average molecular weight is 530 g/mol. The van der Waals surface area contributed by atoms with Crippen LogP contribution in [0.15, 0.2) is 41.8 Å². The third-order valence-corrected chi connectivity index (χ3v) is 6.80. The van der Waals surface area contributed by atoms with Crippen LogP contribution in [0, 0.1) is 24.3 Å². The van der Waals surface area contributed by atoms with E-state index in [1.165, 1.54) is 21.2 Å². The number of nitrogens with zero attached hydrogens (tertiary/aromatic N) is 4. The Morgan fingerprint density at radius 2 is 1.97 bits per heavy atom.